The minimum absolute atomic E-state index is 0.0317. The molecule has 1 atom stereocenters. The minimum Gasteiger partial charge on any atom is -0.496 e. The maximum absolute atomic E-state index is 13.4. The molecule has 0 N–H and O–H groups in total. The van der Waals surface area contributed by atoms with Crippen LogP contribution in [0.25, 0.3) is 0 Å². The molecule has 0 radical (unpaired) electrons. The predicted octanol–water partition coefficient (Wildman–Crippen LogP) is 6.07. The molecule has 0 amide bonds. The van der Waals surface area contributed by atoms with E-state index in [-0.39, 0.29) is 22.7 Å². The van der Waals surface area contributed by atoms with E-state index in [0.29, 0.717) is 24.4 Å². The second-order valence-corrected chi connectivity index (χ2v) is 15.2. The van der Waals surface area contributed by atoms with Crippen LogP contribution in [-0.4, -0.2) is 77.2 Å². The highest BCUT2D eigenvalue weighted by atomic mass is 32.2. The van der Waals surface area contributed by atoms with Gasteiger partial charge in [0.1, 0.15) is 29.4 Å². The van der Waals surface area contributed by atoms with Crippen molar-refractivity contribution in [2.45, 2.75) is 81.3 Å². The lowest BCUT2D eigenvalue weighted by Gasteiger charge is -2.61. The molecule has 10 nitrogen and oxygen atoms in total. The number of carbonyl (C=O) groups is 1. The minimum atomic E-state index is -0.0542. The Hall–Kier alpha value is -2.95. The standard InChI is InChI=1S/C34H47N5O5S/c1-21-11-31(37-33-35-20-36-39(21)33)38-8-5-24(6-9-38)32(40)44-10-7-34(25-13-22-12-23(15-25)16-26(34)14-22)45-19-28-29(42-3)17-27(41-2)18-30(28)43-4/h17-18,20-26H,5-16,19H2,1-4H3. The summed E-state index contributed by atoms with van der Waals surface area (Å²) in [5.41, 5.74) is 1.07. The molecule has 45 heavy (non-hydrogen) atoms. The van der Waals surface area contributed by atoms with Gasteiger partial charge in [-0.15, -0.1) is 11.8 Å². The number of methoxy groups -OCH3 is 3. The molecule has 2 aliphatic heterocycles. The number of fused-ring (bicyclic) bond motifs is 1. The Balaban J connectivity index is 0.997. The molecule has 4 saturated carbocycles. The van der Waals surface area contributed by atoms with Crippen LogP contribution in [0.3, 0.4) is 0 Å². The molecule has 8 rings (SSSR count). The maximum Gasteiger partial charge on any atom is 0.309 e. The molecule has 3 heterocycles. The number of esters is 1. The van der Waals surface area contributed by atoms with Crippen molar-refractivity contribution in [3.63, 3.8) is 0 Å². The average Bonchev–Trinajstić information content (AvgIpc) is 3.54. The Morgan fingerprint density at radius 1 is 0.978 bits per heavy atom. The molecule has 1 unspecified atom stereocenters. The zero-order valence-electron chi connectivity index (χ0n) is 27.1. The molecular formula is C34H47N5O5S. The lowest BCUT2D eigenvalue weighted by atomic mass is 9.51. The maximum atomic E-state index is 13.4. The lowest BCUT2D eigenvalue weighted by molar-refractivity contribution is -0.151. The van der Waals surface area contributed by atoms with Gasteiger partial charge in [-0.05, 0) is 82.0 Å². The molecule has 1 aromatic carbocycles. The first-order valence-electron chi connectivity index (χ1n) is 16.7. The fourth-order valence-corrected chi connectivity index (χ4v) is 11.1. The fraction of sp³-hybridized carbons (Fsp3) is 0.706. The van der Waals surface area contributed by atoms with Gasteiger partial charge < -0.3 is 23.8 Å². The SMILES string of the molecule is COc1cc(OC)c(CSC2(CCOC(=O)C3CCN(C4=Nc5ncnn5C(C)C4)CC3)C3CC4CC(C3)CC2C4)c(OC)c1. The Morgan fingerprint density at radius 2 is 1.64 bits per heavy atom. The number of nitrogens with zero attached hydrogens (tertiary/aromatic N) is 5. The van der Waals surface area contributed by atoms with Crippen LogP contribution in [0.1, 0.15) is 76.3 Å². The fourth-order valence-electron chi connectivity index (χ4n) is 9.27. The van der Waals surface area contributed by atoms with E-state index in [1.165, 1.54) is 32.1 Å². The van der Waals surface area contributed by atoms with Crippen LogP contribution in [0.5, 0.6) is 17.2 Å². The van der Waals surface area contributed by atoms with Crippen LogP contribution in [0.15, 0.2) is 23.5 Å². The summed E-state index contributed by atoms with van der Waals surface area (Å²) in [4.78, 5) is 24.8. The van der Waals surface area contributed by atoms with Gasteiger partial charge in [-0.1, -0.05) is 0 Å². The number of hydrogen-bond donors (Lipinski definition) is 0. The van der Waals surface area contributed by atoms with Crippen molar-refractivity contribution in [3.8, 4) is 17.2 Å². The second-order valence-electron chi connectivity index (χ2n) is 13.8. The van der Waals surface area contributed by atoms with E-state index in [4.69, 9.17) is 23.9 Å². The first kappa shape index (κ1) is 30.7. The van der Waals surface area contributed by atoms with Crippen molar-refractivity contribution >= 4 is 29.5 Å². The van der Waals surface area contributed by atoms with E-state index in [9.17, 15) is 4.79 Å². The average molecular weight is 638 g/mol. The van der Waals surface area contributed by atoms with E-state index in [1.54, 1.807) is 27.7 Å². The number of aromatic nitrogens is 3. The van der Waals surface area contributed by atoms with E-state index in [1.807, 2.05) is 16.8 Å². The molecule has 0 spiro atoms. The number of amidine groups is 1. The largest absolute Gasteiger partial charge is 0.496 e. The van der Waals surface area contributed by atoms with Gasteiger partial charge >= 0.3 is 5.97 Å². The quantitative estimate of drug-likeness (QED) is 0.287. The van der Waals surface area contributed by atoms with Crippen LogP contribution < -0.4 is 14.2 Å². The van der Waals surface area contributed by atoms with Crippen LogP contribution in [0, 0.1) is 29.6 Å². The highest BCUT2D eigenvalue weighted by Gasteiger charge is 2.57. The summed E-state index contributed by atoms with van der Waals surface area (Å²) < 4.78 is 25.2. The monoisotopic (exact) mass is 637 g/mol. The third-order valence-corrected chi connectivity index (χ3v) is 13.3. The van der Waals surface area contributed by atoms with Crippen LogP contribution in [-0.2, 0) is 15.3 Å². The molecule has 2 aromatic rings. The Kier molecular flexibility index (Phi) is 8.65. The van der Waals surface area contributed by atoms with E-state index >= 15 is 0 Å². The van der Waals surface area contributed by atoms with Crippen molar-refractivity contribution in [3.05, 3.63) is 24.0 Å². The molecule has 5 fully saturated rings. The van der Waals surface area contributed by atoms with Crippen LogP contribution in [0.2, 0.25) is 0 Å². The van der Waals surface area contributed by atoms with Crippen molar-refractivity contribution in [1.82, 2.24) is 19.7 Å². The predicted molar refractivity (Wildman–Crippen MR) is 173 cm³/mol. The Morgan fingerprint density at radius 3 is 2.27 bits per heavy atom. The number of thioether (sulfide) groups is 1. The summed E-state index contributed by atoms with van der Waals surface area (Å²) in [7, 11) is 5.08. The second kappa shape index (κ2) is 12.7. The number of rotatable bonds is 10. The first-order valence-corrected chi connectivity index (χ1v) is 17.7. The topological polar surface area (TPSA) is 100 Å². The highest BCUT2D eigenvalue weighted by molar-refractivity contribution is 8.00. The van der Waals surface area contributed by atoms with Crippen molar-refractivity contribution in [2.24, 2.45) is 34.6 Å². The van der Waals surface area contributed by atoms with Crippen molar-refractivity contribution in [2.75, 3.05) is 41.0 Å². The van der Waals surface area contributed by atoms with Gasteiger partial charge in [0.2, 0.25) is 5.95 Å². The van der Waals surface area contributed by atoms with E-state index in [0.717, 1.165) is 85.0 Å². The molecule has 244 valence electrons. The summed E-state index contributed by atoms with van der Waals surface area (Å²) in [5, 5.41) is 4.29. The normalized spacial score (nSPS) is 30.5. The summed E-state index contributed by atoms with van der Waals surface area (Å²) in [6, 6.07) is 4.13. The number of benzene rings is 1. The molecule has 1 saturated heterocycles. The smallest absolute Gasteiger partial charge is 0.309 e. The number of likely N-dealkylation sites (tertiary alicyclic amines) is 1. The van der Waals surface area contributed by atoms with Crippen molar-refractivity contribution in [1.29, 1.82) is 0 Å². The first-order chi connectivity index (χ1) is 21.9. The molecule has 4 aliphatic carbocycles. The summed E-state index contributed by atoms with van der Waals surface area (Å²) in [6.45, 7) is 4.27. The third-order valence-electron chi connectivity index (χ3n) is 11.4. The molecule has 6 aliphatic rings. The van der Waals surface area contributed by atoms with Crippen LogP contribution >= 0.6 is 11.8 Å². The number of hydrogen-bond acceptors (Lipinski definition) is 10. The Bertz CT molecular complexity index is 1370. The van der Waals surface area contributed by atoms with Crippen LogP contribution in [0.4, 0.5) is 5.95 Å². The van der Waals surface area contributed by atoms with Gasteiger partial charge in [-0.2, -0.15) is 15.1 Å². The zero-order chi connectivity index (χ0) is 31.1. The summed E-state index contributed by atoms with van der Waals surface area (Å²) in [5.74, 6) is 7.83. The number of ether oxygens (including phenoxy) is 4. The Labute approximate surface area is 270 Å². The molecule has 4 bridgehead atoms. The lowest BCUT2D eigenvalue weighted by Crippen LogP contribution is -2.56. The highest BCUT2D eigenvalue weighted by Crippen LogP contribution is 2.64. The van der Waals surface area contributed by atoms with Gasteiger partial charge in [0.15, 0.2) is 0 Å². The zero-order valence-corrected chi connectivity index (χ0v) is 27.9. The third kappa shape index (κ3) is 5.78. The molecule has 1 aromatic heterocycles. The summed E-state index contributed by atoms with van der Waals surface area (Å²) in [6.07, 6.45) is 11.5. The van der Waals surface area contributed by atoms with Gasteiger partial charge in [-0.25, -0.2) is 4.68 Å². The molecule has 11 heteroatoms. The molecular weight excluding hydrogens is 590 g/mol. The van der Waals surface area contributed by atoms with Crippen molar-refractivity contribution < 1.29 is 23.7 Å². The van der Waals surface area contributed by atoms with Gasteiger partial charge in [0.25, 0.3) is 0 Å². The summed E-state index contributed by atoms with van der Waals surface area (Å²) >= 11 is 2.06. The number of aliphatic imine (C=N–C) groups is 1. The van der Waals surface area contributed by atoms with E-state index < -0.39 is 0 Å². The van der Waals surface area contributed by atoms with Gasteiger partial charge in [-0.3, -0.25) is 4.79 Å². The van der Waals surface area contributed by atoms with Gasteiger partial charge in [0.05, 0.1) is 39.9 Å². The van der Waals surface area contributed by atoms with Gasteiger partial charge in [0, 0.05) is 47.7 Å². The number of piperidine rings is 1. The number of carbonyl (C=O) groups excluding carboxylic acids is 1. The van der Waals surface area contributed by atoms with E-state index in [2.05, 4.69) is 33.7 Å².